The van der Waals surface area contributed by atoms with Crippen LogP contribution in [0.5, 0.6) is 0 Å². The predicted molar refractivity (Wildman–Crippen MR) is 167 cm³/mol. The van der Waals surface area contributed by atoms with E-state index in [1.165, 1.54) is 103 Å². The molecule has 1 aliphatic rings. The second-order valence-corrected chi connectivity index (χ2v) is 12.4. The van der Waals surface area contributed by atoms with Crippen LogP contribution in [0.4, 0.5) is 0 Å². The highest BCUT2D eigenvalue weighted by atomic mass is 31.2. The van der Waals surface area contributed by atoms with Crippen molar-refractivity contribution >= 4 is 8.60 Å². The molecule has 0 saturated carbocycles. The topological polar surface area (TPSA) is 60.4 Å². The molecule has 7 heteroatoms. The van der Waals surface area contributed by atoms with E-state index in [2.05, 4.69) is 11.8 Å². The van der Waals surface area contributed by atoms with Crippen LogP contribution in [0.1, 0.15) is 122 Å². The zero-order chi connectivity index (χ0) is 28.4. The van der Waals surface area contributed by atoms with Crippen molar-refractivity contribution in [2.24, 2.45) is 0 Å². The summed E-state index contributed by atoms with van der Waals surface area (Å²) in [5, 5.41) is 0. The summed E-state index contributed by atoms with van der Waals surface area (Å²) >= 11 is 0. The van der Waals surface area contributed by atoms with E-state index in [4.69, 9.17) is 18.5 Å². The molecule has 2 unspecified atom stereocenters. The van der Waals surface area contributed by atoms with Gasteiger partial charge < -0.3 is 28.3 Å². The average molecular weight is 582 g/mol. The fraction of sp³-hybridized carbons (Fsp3) is 0.818. The smallest absolute Gasteiger partial charge is 0.329 e. The molecular formula is C33H60NO5P. The van der Waals surface area contributed by atoms with Crippen LogP contribution in [0.15, 0.2) is 30.3 Å². The minimum absolute atomic E-state index is 0.239. The number of nitrogens with zero attached hydrogens (tertiary/aromatic N) is 1. The molecule has 1 aliphatic heterocycles. The second kappa shape index (κ2) is 26.1. The van der Waals surface area contributed by atoms with Gasteiger partial charge in [0.05, 0.1) is 26.4 Å². The highest BCUT2D eigenvalue weighted by Gasteiger charge is 2.17. The maximum atomic E-state index is 10.1. The molecular weight excluding hydrogens is 521 g/mol. The normalized spacial score (nSPS) is 15.2. The molecule has 232 valence electrons. The van der Waals surface area contributed by atoms with Gasteiger partial charge in [-0.3, -0.25) is 0 Å². The highest BCUT2D eigenvalue weighted by Crippen LogP contribution is 2.33. The third kappa shape index (κ3) is 20.3. The van der Waals surface area contributed by atoms with E-state index in [9.17, 15) is 4.89 Å². The van der Waals surface area contributed by atoms with Gasteiger partial charge in [-0.2, -0.15) is 0 Å². The number of unbranched alkanes of at least 4 members (excludes halogenated alkanes) is 15. The van der Waals surface area contributed by atoms with Gasteiger partial charge in [0, 0.05) is 13.2 Å². The van der Waals surface area contributed by atoms with Gasteiger partial charge in [0.15, 0.2) is 0 Å². The van der Waals surface area contributed by atoms with Crippen LogP contribution in [-0.4, -0.2) is 62.0 Å². The Bertz CT molecular complexity index is 664. The molecule has 1 aromatic rings. The number of benzene rings is 1. The van der Waals surface area contributed by atoms with Gasteiger partial charge in [-0.25, -0.2) is 0 Å². The molecule has 1 heterocycles. The van der Waals surface area contributed by atoms with Crippen molar-refractivity contribution in [3.8, 4) is 0 Å². The lowest BCUT2D eigenvalue weighted by Gasteiger charge is -2.30. The van der Waals surface area contributed by atoms with E-state index in [0.29, 0.717) is 19.8 Å². The van der Waals surface area contributed by atoms with Gasteiger partial charge in [0.1, 0.15) is 6.10 Å². The van der Waals surface area contributed by atoms with E-state index < -0.39 is 8.60 Å². The van der Waals surface area contributed by atoms with Crippen LogP contribution in [-0.2, 0) is 25.1 Å². The first-order valence-electron chi connectivity index (χ1n) is 16.5. The van der Waals surface area contributed by atoms with E-state index in [1.54, 1.807) is 0 Å². The molecule has 40 heavy (non-hydrogen) atoms. The highest BCUT2D eigenvalue weighted by molar-refractivity contribution is 7.40. The Balaban J connectivity index is 1.43. The SMILES string of the molecule is CCCCCCCCCCCCCCCCCCOCC(COP(O)OCCN1CCC1)OCc1ccccc1. The van der Waals surface area contributed by atoms with E-state index in [1.807, 2.05) is 30.3 Å². The van der Waals surface area contributed by atoms with Crippen molar-refractivity contribution in [1.29, 1.82) is 0 Å². The zero-order valence-corrected chi connectivity index (χ0v) is 26.5. The Labute approximate surface area is 247 Å². The molecule has 0 aliphatic carbocycles. The minimum atomic E-state index is -1.89. The Hall–Kier alpha value is -0.590. The summed E-state index contributed by atoms with van der Waals surface area (Å²) in [6, 6.07) is 10.1. The van der Waals surface area contributed by atoms with Crippen molar-refractivity contribution in [2.75, 3.05) is 46.1 Å². The Morgan fingerprint density at radius 2 is 1.30 bits per heavy atom. The number of ether oxygens (including phenoxy) is 2. The fourth-order valence-corrected chi connectivity index (χ4v) is 5.54. The van der Waals surface area contributed by atoms with Gasteiger partial charge in [-0.1, -0.05) is 134 Å². The van der Waals surface area contributed by atoms with Crippen LogP contribution in [0.25, 0.3) is 0 Å². The van der Waals surface area contributed by atoms with Crippen molar-refractivity contribution in [3.63, 3.8) is 0 Å². The first kappa shape index (κ1) is 35.6. The molecule has 2 rings (SSSR count). The Kier molecular flexibility index (Phi) is 23.2. The molecule has 0 radical (unpaired) electrons. The van der Waals surface area contributed by atoms with Crippen molar-refractivity contribution in [2.45, 2.75) is 129 Å². The van der Waals surface area contributed by atoms with Gasteiger partial charge in [0.2, 0.25) is 0 Å². The third-order valence-corrected chi connectivity index (χ3v) is 8.48. The molecule has 1 N–H and O–H groups in total. The van der Waals surface area contributed by atoms with Crippen molar-refractivity contribution in [3.05, 3.63) is 35.9 Å². The lowest BCUT2D eigenvalue weighted by Crippen LogP contribution is -2.39. The Morgan fingerprint density at radius 3 is 1.85 bits per heavy atom. The molecule has 1 aromatic carbocycles. The monoisotopic (exact) mass is 581 g/mol. The molecule has 0 amide bonds. The lowest BCUT2D eigenvalue weighted by atomic mass is 10.0. The minimum Gasteiger partial charge on any atom is -0.379 e. The summed E-state index contributed by atoms with van der Waals surface area (Å²) in [7, 11) is -1.89. The molecule has 1 fully saturated rings. The van der Waals surface area contributed by atoms with Crippen LogP contribution < -0.4 is 0 Å². The summed E-state index contributed by atoms with van der Waals surface area (Å²) in [5.41, 5.74) is 1.11. The first-order valence-corrected chi connectivity index (χ1v) is 17.6. The zero-order valence-electron chi connectivity index (χ0n) is 25.6. The lowest BCUT2D eigenvalue weighted by molar-refractivity contribution is -0.0479. The summed E-state index contributed by atoms with van der Waals surface area (Å²) in [5.74, 6) is 0. The number of hydrogen-bond donors (Lipinski definition) is 1. The molecule has 1 saturated heterocycles. The molecule has 6 nitrogen and oxygen atoms in total. The van der Waals surface area contributed by atoms with Crippen LogP contribution in [0, 0.1) is 0 Å². The standard InChI is InChI=1S/C33H60NO5P/c1-2-3-4-5-6-7-8-9-10-11-12-13-14-15-16-20-27-36-30-33(37-29-32-22-18-17-19-23-32)31-39-40(35)38-28-26-34-24-21-25-34/h17-19,22-23,33,35H,2-16,20-21,24-31H2,1H3. The molecule has 2 atom stereocenters. The van der Waals surface area contributed by atoms with Crippen LogP contribution >= 0.6 is 8.60 Å². The number of rotatable bonds is 29. The summed E-state index contributed by atoms with van der Waals surface area (Å²) in [6.07, 6.45) is 22.9. The maximum Gasteiger partial charge on any atom is 0.329 e. The first-order chi connectivity index (χ1) is 19.8. The predicted octanol–water partition coefficient (Wildman–Crippen LogP) is 8.81. The molecule has 0 spiro atoms. The fourth-order valence-electron chi connectivity index (χ4n) is 4.94. The summed E-state index contributed by atoms with van der Waals surface area (Å²) in [6.45, 7) is 7.83. The maximum absolute atomic E-state index is 10.1. The van der Waals surface area contributed by atoms with E-state index >= 15 is 0 Å². The van der Waals surface area contributed by atoms with Gasteiger partial charge in [-0.15, -0.1) is 0 Å². The van der Waals surface area contributed by atoms with Crippen molar-refractivity contribution < 1.29 is 23.4 Å². The number of hydrogen-bond acceptors (Lipinski definition) is 6. The van der Waals surface area contributed by atoms with E-state index in [0.717, 1.165) is 38.2 Å². The van der Waals surface area contributed by atoms with Gasteiger partial charge >= 0.3 is 8.60 Å². The summed E-state index contributed by atoms with van der Waals surface area (Å²) < 4.78 is 23.1. The molecule has 0 bridgehead atoms. The van der Waals surface area contributed by atoms with Gasteiger partial charge in [0.25, 0.3) is 0 Å². The van der Waals surface area contributed by atoms with E-state index in [-0.39, 0.29) is 12.7 Å². The van der Waals surface area contributed by atoms with Crippen LogP contribution in [0.2, 0.25) is 0 Å². The van der Waals surface area contributed by atoms with Crippen molar-refractivity contribution in [1.82, 2.24) is 4.90 Å². The largest absolute Gasteiger partial charge is 0.379 e. The average Bonchev–Trinajstić information content (AvgIpc) is 2.95. The third-order valence-electron chi connectivity index (χ3n) is 7.70. The van der Waals surface area contributed by atoms with Gasteiger partial charge in [-0.05, 0) is 31.5 Å². The summed E-state index contributed by atoms with van der Waals surface area (Å²) in [4.78, 5) is 12.4. The quantitative estimate of drug-likeness (QED) is 0.0754. The second-order valence-electron chi connectivity index (χ2n) is 11.4. The molecule has 0 aromatic heterocycles. The Morgan fingerprint density at radius 1 is 0.725 bits per heavy atom. The van der Waals surface area contributed by atoms with Crippen LogP contribution in [0.3, 0.4) is 0 Å². The number of likely N-dealkylation sites (tertiary alicyclic amines) is 1.